The average Bonchev–Trinajstić information content (AvgIpc) is 3.14. The maximum atomic E-state index is 13.4. The number of piperazine rings is 1. The van der Waals surface area contributed by atoms with Gasteiger partial charge in [0.15, 0.2) is 0 Å². The Bertz CT molecular complexity index is 1400. The third-order valence-corrected chi connectivity index (χ3v) is 11.4. The van der Waals surface area contributed by atoms with Gasteiger partial charge in [-0.2, -0.15) is 4.31 Å². The molecule has 41 heavy (non-hydrogen) atoms. The Kier molecular flexibility index (Phi) is 8.92. The number of aliphatic hydroxyl groups is 1. The number of hydrogen-bond acceptors (Lipinski definition) is 7. The van der Waals surface area contributed by atoms with Crippen molar-refractivity contribution in [1.29, 1.82) is 0 Å². The molecule has 0 saturated carbocycles. The second-order valence-corrected chi connectivity index (χ2v) is 15.0. The molecule has 3 aliphatic rings. The molecule has 1 aromatic heterocycles. The molecule has 1 amide bonds. The SMILES string of the molecule is CC(C)n1c(=O)c(C(=O)NC2C[C@@H]3CC[C@@H](C2)N3CC(O)CN2CCN(S(=O)(=O)C(C)C)CC2)cc2ccccc21. The van der Waals surface area contributed by atoms with E-state index in [0.29, 0.717) is 39.3 Å². The van der Waals surface area contributed by atoms with Gasteiger partial charge >= 0.3 is 0 Å². The van der Waals surface area contributed by atoms with Crippen LogP contribution in [-0.4, -0.2) is 107 Å². The molecule has 3 aliphatic heterocycles. The van der Waals surface area contributed by atoms with Crippen LogP contribution in [0.15, 0.2) is 35.1 Å². The van der Waals surface area contributed by atoms with Crippen LogP contribution in [0.4, 0.5) is 0 Å². The minimum absolute atomic E-state index is 0.0113. The van der Waals surface area contributed by atoms with Gasteiger partial charge in [0, 0.05) is 63.4 Å². The number of rotatable bonds is 9. The van der Waals surface area contributed by atoms with E-state index in [1.807, 2.05) is 38.1 Å². The highest BCUT2D eigenvalue weighted by molar-refractivity contribution is 7.89. The maximum absolute atomic E-state index is 13.4. The Balaban J connectivity index is 1.16. The monoisotopic (exact) mass is 587 g/mol. The van der Waals surface area contributed by atoms with Crippen molar-refractivity contribution in [3.8, 4) is 0 Å². The van der Waals surface area contributed by atoms with Crippen molar-refractivity contribution in [2.45, 2.75) is 88.9 Å². The lowest BCUT2D eigenvalue weighted by Crippen LogP contribution is -2.55. The van der Waals surface area contributed by atoms with Crippen molar-refractivity contribution in [2.75, 3.05) is 39.3 Å². The Morgan fingerprint density at radius 3 is 2.24 bits per heavy atom. The number of benzene rings is 1. The van der Waals surface area contributed by atoms with Gasteiger partial charge in [0.2, 0.25) is 10.0 Å². The second kappa shape index (κ2) is 12.1. The topological polar surface area (TPSA) is 115 Å². The highest BCUT2D eigenvalue weighted by Gasteiger charge is 2.42. The van der Waals surface area contributed by atoms with Crippen LogP contribution in [0.2, 0.25) is 0 Å². The molecule has 11 heteroatoms. The highest BCUT2D eigenvalue weighted by Crippen LogP contribution is 2.36. The zero-order valence-corrected chi connectivity index (χ0v) is 25.5. The van der Waals surface area contributed by atoms with Crippen LogP contribution < -0.4 is 10.9 Å². The number of nitrogens with zero attached hydrogens (tertiary/aromatic N) is 4. The average molecular weight is 588 g/mol. The number of nitrogens with one attached hydrogen (secondary N) is 1. The van der Waals surface area contributed by atoms with Gasteiger partial charge in [0.1, 0.15) is 5.56 Å². The number of aliphatic hydroxyl groups excluding tert-OH is 1. The molecule has 10 nitrogen and oxygen atoms in total. The first kappa shape index (κ1) is 30.2. The quantitative estimate of drug-likeness (QED) is 0.461. The van der Waals surface area contributed by atoms with E-state index in [9.17, 15) is 23.1 Å². The van der Waals surface area contributed by atoms with E-state index < -0.39 is 21.4 Å². The molecule has 1 unspecified atom stereocenters. The summed E-state index contributed by atoms with van der Waals surface area (Å²) >= 11 is 0. The summed E-state index contributed by atoms with van der Waals surface area (Å²) in [5, 5.41) is 14.6. The number of β-amino-alcohol motifs (C(OH)–C–C–N with tert-alkyl or cyclic N) is 1. The van der Waals surface area contributed by atoms with Gasteiger partial charge in [0.25, 0.3) is 11.5 Å². The van der Waals surface area contributed by atoms with E-state index >= 15 is 0 Å². The minimum atomic E-state index is -3.24. The summed E-state index contributed by atoms with van der Waals surface area (Å²) < 4.78 is 28.2. The van der Waals surface area contributed by atoms with Gasteiger partial charge < -0.3 is 15.0 Å². The maximum Gasteiger partial charge on any atom is 0.264 e. The van der Waals surface area contributed by atoms with E-state index in [1.165, 1.54) is 0 Å². The molecule has 4 heterocycles. The van der Waals surface area contributed by atoms with E-state index in [-0.39, 0.29) is 41.2 Å². The van der Waals surface area contributed by atoms with Crippen molar-refractivity contribution >= 4 is 26.8 Å². The van der Waals surface area contributed by atoms with Gasteiger partial charge in [-0.05, 0) is 70.9 Å². The Labute approximate surface area is 243 Å². The van der Waals surface area contributed by atoms with Crippen molar-refractivity contribution in [3.63, 3.8) is 0 Å². The summed E-state index contributed by atoms with van der Waals surface area (Å²) in [5.41, 5.74) is 0.752. The first-order valence-corrected chi connectivity index (χ1v) is 16.6. The Morgan fingerprint density at radius 2 is 1.63 bits per heavy atom. The fraction of sp³-hybridized carbons (Fsp3) is 0.667. The molecular formula is C30H45N5O5S. The number of piperidine rings is 1. The molecule has 0 spiro atoms. The molecular weight excluding hydrogens is 542 g/mol. The molecule has 1 aromatic carbocycles. The first-order valence-electron chi connectivity index (χ1n) is 15.1. The lowest BCUT2D eigenvalue weighted by atomic mass is 9.96. The van der Waals surface area contributed by atoms with E-state index in [1.54, 1.807) is 28.8 Å². The van der Waals surface area contributed by atoms with Crippen molar-refractivity contribution in [1.82, 2.24) is 24.0 Å². The largest absolute Gasteiger partial charge is 0.390 e. The predicted octanol–water partition coefficient (Wildman–Crippen LogP) is 2.02. The van der Waals surface area contributed by atoms with Gasteiger partial charge in [0.05, 0.1) is 16.9 Å². The summed E-state index contributed by atoms with van der Waals surface area (Å²) in [7, 11) is -3.24. The number of para-hydroxylation sites is 1. The Hall–Kier alpha value is -2.31. The van der Waals surface area contributed by atoms with Crippen molar-refractivity contribution < 1.29 is 18.3 Å². The number of pyridine rings is 1. The second-order valence-electron chi connectivity index (χ2n) is 12.6. The van der Waals surface area contributed by atoms with Crippen LogP contribution in [0.5, 0.6) is 0 Å². The zero-order valence-electron chi connectivity index (χ0n) is 24.7. The predicted molar refractivity (Wildman–Crippen MR) is 161 cm³/mol. The van der Waals surface area contributed by atoms with E-state index in [0.717, 1.165) is 36.6 Å². The van der Waals surface area contributed by atoms with E-state index in [2.05, 4.69) is 15.1 Å². The number of carbonyl (C=O) groups excluding carboxylic acids is 1. The van der Waals surface area contributed by atoms with E-state index in [4.69, 9.17) is 0 Å². The number of hydrogen-bond donors (Lipinski definition) is 2. The highest BCUT2D eigenvalue weighted by atomic mass is 32.2. The smallest absolute Gasteiger partial charge is 0.264 e. The summed E-state index contributed by atoms with van der Waals surface area (Å²) in [6, 6.07) is 9.87. The molecule has 0 aliphatic carbocycles. The van der Waals surface area contributed by atoms with Crippen LogP contribution in [-0.2, 0) is 10.0 Å². The van der Waals surface area contributed by atoms with Crippen molar-refractivity contribution in [2.24, 2.45) is 0 Å². The lowest BCUT2D eigenvalue weighted by molar-refractivity contribution is 0.0275. The minimum Gasteiger partial charge on any atom is -0.390 e. The van der Waals surface area contributed by atoms with Gasteiger partial charge in [-0.1, -0.05) is 18.2 Å². The van der Waals surface area contributed by atoms with Crippen LogP contribution in [0.25, 0.3) is 10.9 Å². The third-order valence-electron chi connectivity index (χ3n) is 9.10. The number of amides is 1. The van der Waals surface area contributed by atoms with Crippen LogP contribution in [0.3, 0.4) is 0 Å². The standard InChI is InChI=1S/C30H45N5O5S/c1-20(2)35-28-8-6-5-7-22(28)15-27(30(35)38)29(37)31-23-16-24-9-10-25(17-23)34(24)19-26(36)18-32-11-13-33(14-12-32)41(39,40)21(3)4/h5-8,15,20-21,23-26,36H,9-14,16-19H2,1-4H3,(H,31,37)/t24-,25-,26?/m0/s1. The molecule has 3 fully saturated rings. The molecule has 3 atom stereocenters. The summed E-state index contributed by atoms with van der Waals surface area (Å²) in [6.45, 7) is 10.6. The molecule has 2 bridgehead atoms. The molecule has 226 valence electrons. The third kappa shape index (κ3) is 6.24. The van der Waals surface area contributed by atoms with Gasteiger partial charge in [-0.3, -0.25) is 19.4 Å². The zero-order chi connectivity index (χ0) is 29.5. The Morgan fingerprint density at radius 1 is 1.00 bits per heavy atom. The molecule has 3 saturated heterocycles. The number of aromatic nitrogens is 1. The number of carbonyl (C=O) groups is 1. The van der Waals surface area contributed by atoms with Crippen LogP contribution in [0.1, 0.15) is 69.8 Å². The van der Waals surface area contributed by atoms with Crippen LogP contribution in [0, 0.1) is 0 Å². The number of fused-ring (bicyclic) bond motifs is 3. The first-order chi connectivity index (χ1) is 19.5. The summed E-state index contributed by atoms with van der Waals surface area (Å²) in [4.78, 5) is 31.2. The molecule has 2 aromatic rings. The lowest BCUT2D eigenvalue weighted by Gasteiger charge is -2.41. The molecule has 5 rings (SSSR count). The molecule has 0 radical (unpaired) electrons. The fourth-order valence-corrected chi connectivity index (χ4v) is 8.25. The fourth-order valence-electron chi connectivity index (χ4n) is 6.98. The number of sulfonamides is 1. The summed E-state index contributed by atoms with van der Waals surface area (Å²) in [5.74, 6) is -0.313. The normalized spacial score (nSPS) is 25.3. The van der Waals surface area contributed by atoms with Gasteiger partial charge in [-0.15, -0.1) is 0 Å². The van der Waals surface area contributed by atoms with Gasteiger partial charge in [-0.25, -0.2) is 8.42 Å². The van der Waals surface area contributed by atoms with Crippen molar-refractivity contribution in [3.05, 3.63) is 46.2 Å². The summed E-state index contributed by atoms with van der Waals surface area (Å²) in [6.07, 6.45) is 3.14. The molecule has 2 N–H and O–H groups in total. The van der Waals surface area contributed by atoms with Crippen LogP contribution >= 0.6 is 0 Å².